The predicted octanol–water partition coefficient (Wildman–Crippen LogP) is 4.76. The average molecular weight is 422 g/mol. The van der Waals surface area contributed by atoms with Crippen molar-refractivity contribution in [2.45, 2.75) is 96.7 Å². The first kappa shape index (κ1) is 18.8. The maximum absolute atomic E-state index is 14.0. The van der Waals surface area contributed by atoms with Gasteiger partial charge in [0.25, 0.3) is 0 Å². The van der Waals surface area contributed by atoms with E-state index in [4.69, 9.17) is 0 Å². The second-order valence-electron chi connectivity index (χ2n) is 12.2. The van der Waals surface area contributed by atoms with Crippen LogP contribution in [0.15, 0.2) is 32.9 Å². The topological polar surface area (TPSA) is 48.9 Å². The van der Waals surface area contributed by atoms with Crippen LogP contribution < -0.4 is 11.4 Å². The Labute approximate surface area is 183 Å². The molecule has 1 aromatic heterocycles. The number of hydrogen-bond acceptors (Lipinski definition) is 2. The van der Waals surface area contributed by atoms with E-state index in [1.54, 1.807) is 10.1 Å². The van der Waals surface area contributed by atoms with Crippen LogP contribution in [0.3, 0.4) is 0 Å². The quantitative estimate of drug-likeness (QED) is 0.614. The van der Waals surface area contributed by atoms with Crippen LogP contribution in [-0.4, -0.2) is 13.9 Å². The van der Waals surface area contributed by atoms with Crippen molar-refractivity contribution in [3.8, 4) is 0 Å². The lowest BCUT2D eigenvalue weighted by Gasteiger charge is -2.53. The summed E-state index contributed by atoms with van der Waals surface area (Å²) in [5.74, 6) is 1.47. The Balaban J connectivity index is 1.39. The fraction of sp³-hybridized carbons (Fsp3) is 0.769. The van der Waals surface area contributed by atoms with Crippen LogP contribution in [0.25, 0.3) is 0 Å². The average Bonchev–Trinajstić information content (AvgIpc) is 3.15. The van der Waals surface area contributed by atoms with Crippen LogP contribution in [0.1, 0.15) is 96.7 Å². The molecule has 0 amide bonds. The highest BCUT2D eigenvalue weighted by Gasteiger charge is 2.63. The van der Waals surface area contributed by atoms with Crippen LogP contribution in [0.5, 0.6) is 0 Å². The molecule has 0 spiro atoms. The van der Waals surface area contributed by atoms with Gasteiger partial charge in [0.05, 0.1) is 12.1 Å². The minimum Gasteiger partial charge on any atom is -0.246 e. The number of hydrogen-bond donors (Lipinski definition) is 0. The van der Waals surface area contributed by atoms with Gasteiger partial charge < -0.3 is 0 Å². The van der Waals surface area contributed by atoms with Crippen molar-refractivity contribution in [3.63, 3.8) is 0 Å². The molecular formula is C26H35N3O2. The molecule has 7 unspecified atom stereocenters. The first-order chi connectivity index (χ1) is 14.8. The lowest BCUT2D eigenvalue weighted by Crippen LogP contribution is -2.53. The monoisotopic (exact) mass is 421 g/mol. The molecule has 8 rings (SSSR count). The van der Waals surface area contributed by atoms with Gasteiger partial charge in [-0.15, -0.1) is 0 Å². The van der Waals surface area contributed by atoms with Gasteiger partial charge in [-0.05, 0) is 67.3 Å². The Morgan fingerprint density at radius 3 is 2.29 bits per heavy atom. The summed E-state index contributed by atoms with van der Waals surface area (Å²) in [7, 11) is 0. The third-order valence-corrected chi connectivity index (χ3v) is 11.1. The lowest BCUT2D eigenvalue weighted by atomic mass is 9.60. The zero-order valence-electron chi connectivity index (χ0n) is 19.1. The minimum absolute atomic E-state index is 0.0251. The van der Waals surface area contributed by atoms with E-state index >= 15 is 0 Å². The summed E-state index contributed by atoms with van der Waals surface area (Å²) in [6.07, 6.45) is 15.5. The van der Waals surface area contributed by atoms with Gasteiger partial charge in [0.1, 0.15) is 0 Å². The van der Waals surface area contributed by atoms with E-state index < -0.39 is 0 Å². The van der Waals surface area contributed by atoms with Crippen molar-refractivity contribution in [1.82, 2.24) is 13.9 Å². The molecule has 0 radical (unpaired) electrons. The summed E-state index contributed by atoms with van der Waals surface area (Å²) >= 11 is 0. The molecule has 2 aliphatic heterocycles. The first-order valence-electron chi connectivity index (χ1n) is 12.7. The Kier molecular flexibility index (Phi) is 3.49. The molecule has 7 aliphatic rings. The predicted molar refractivity (Wildman–Crippen MR) is 120 cm³/mol. The normalized spacial score (nSPS) is 43.8. The maximum Gasteiger partial charge on any atom is 0.348 e. The third kappa shape index (κ3) is 2.01. The van der Waals surface area contributed by atoms with Crippen LogP contribution in [0.4, 0.5) is 0 Å². The molecule has 0 aromatic carbocycles. The summed E-state index contributed by atoms with van der Waals surface area (Å²) < 4.78 is 5.52. The van der Waals surface area contributed by atoms with E-state index in [1.165, 1.54) is 44.1 Å². The van der Waals surface area contributed by atoms with E-state index in [-0.39, 0.29) is 40.3 Å². The molecule has 2 fully saturated rings. The van der Waals surface area contributed by atoms with E-state index in [2.05, 4.69) is 32.9 Å². The molecule has 7 atom stereocenters. The third-order valence-electron chi connectivity index (χ3n) is 11.1. The maximum atomic E-state index is 14.0. The van der Waals surface area contributed by atoms with Crippen LogP contribution in [-0.2, 0) is 0 Å². The number of nitrogens with zero attached hydrogens (tertiary/aromatic N) is 3. The number of rotatable bonds is 1. The molecular weight excluding hydrogens is 386 g/mol. The minimum atomic E-state index is -0.0375. The van der Waals surface area contributed by atoms with Crippen molar-refractivity contribution in [2.75, 3.05) is 0 Å². The van der Waals surface area contributed by atoms with E-state index in [1.807, 2.05) is 9.36 Å². The van der Waals surface area contributed by atoms with E-state index in [0.29, 0.717) is 17.8 Å². The standard InChI is InChI=1S/C26H35N3O2/c1-25(2)17-10-11-26(25,3)20(14-17)27-23(30)28-19-13-16-9-7-5-4-6-8-15-12-18(21(15)19)22(16)29(28)24(27)31/h12-13,17-22H,4-11,14H2,1-3H3. The molecule has 5 heteroatoms. The van der Waals surface area contributed by atoms with Gasteiger partial charge in [-0.2, -0.15) is 0 Å². The Hall–Kier alpha value is -1.78. The van der Waals surface area contributed by atoms with Gasteiger partial charge in [0.2, 0.25) is 0 Å². The Morgan fingerprint density at radius 2 is 1.61 bits per heavy atom. The van der Waals surface area contributed by atoms with Gasteiger partial charge in [-0.1, -0.05) is 51.3 Å². The fourth-order valence-electron chi connectivity index (χ4n) is 8.86. The second kappa shape index (κ2) is 5.77. The molecule has 31 heavy (non-hydrogen) atoms. The van der Waals surface area contributed by atoms with Crippen LogP contribution in [0.2, 0.25) is 0 Å². The second-order valence-corrected chi connectivity index (χ2v) is 12.2. The largest absolute Gasteiger partial charge is 0.348 e. The molecule has 0 saturated heterocycles. The summed E-state index contributed by atoms with van der Waals surface area (Å²) in [6, 6.07) is 0.153. The van der Waals surface area contributed by atoms with E-state index in [0.717, 1.165) is 19.3 Å². The Bertz CT molecular complexity index is 1160. The number of aromatic nitrogens is 3. The molecule has 2 saturated carbocycles. The number of fused-ring (bicyclic) bond motifs is 2. The molecule has 166 valence electrons. The lowest BCUT2D eigenvalue weighted by molar-refractivity contribution is 0.103. The first-order valence-corrected chi connectivity index (χ1v) is 12.7. The van der Waals surface area contributed by atoms with E-state index in [9.17, 15) is 9.59 Å². The van der Waals surface area contributed by atoms with Crippen LogP contribution >= 0.6 is 0 Å². The Morgan fingerprint density at radius 1 is 0.903 bits per heavy atom. The highest BCUT2D eigenvalue weighted by atomic mass is 16.2. The molecule has 1 aromatic rings. The van der Waals surface area contributed by atoms with Gasteiger partial charge in [0, 0.05) is 17.9 Å². The zero-order valence-corrected chi connectivity index (χ0v) is 19.1. The van der Waals surface area contributed by atoms with Crippen molar-refractivity contribution < 1.29 is 0 Å². The molecule has 3 heterocycles. The fourth-order valence-corrected chi connectivity index (χ4v) is 8.86. The van der Waals surface area contributed by atoms with Crippen molar-refractivity contribution in [2.24, 2.45) is 28.6 Å². The van der Waals surface area contributed by atoms with Gasteiger partial charge in [-0.25, -0.2) is 23.5 Å². The highest BCUT2D eigenvalue weighted by Crippen LogP contribution is 2.69. The van der Waals surface area contributed by atoms with Crippen LogP contribution in [0, 0.1) is 28.6 Å². The molecule has 6 bridgehead atoms. The summed E-state index contributed by atoms with van der Waals surface area (Å²) in [5, 5.41) is 0. The zero-order chi connectivity index (χ0) is 21.3. The summed E-state index contributed by atoms with van der Waals surface area (Å²) in [4.78, 5) is 27.9. The summed E-state index contributed by atoms with van der Waals surface area (Å²) in [5.41, 5.74) is 3.10. The molecule has 0 N–H and O–H groups in total. The van der Waals surface area contributed by atoms with Crippen molar-refractivity contribution >= 4 is 0 Å². The SMILES string of the molecule is CC1(C)C2CCC1(C)C(n1c(=O)n3n(c1=O)C1C4=CC3C3C(=CC31)CCCCCC4)C2. The van der Waals surface area contributed by atoms with Gasteiger partial charge in [0.15, 0.2) is 0 Å². The molecule has 5 nitrogen and oxygen atoms in total. The smallest absolute Gasteiger partial charge is 0.246 e. The summed E-state index contributed by atoms with van der Waals surface area (Å²) in [6.45, 7) is 7.06. The number of allylic oxidation sites excluding steroid dienone is 4. The highest BCUT2D eigenvalue weighted by molar-refractivity contribution is 5.38. The van der Waals surface area contributed by atoms with Gasteiger partial charge in [-0.3, -0.25) is 0 Å². The van der Waals surface area contributed by atoms with Crippen molar-refractivity contribution in [3.05, 3.63) is 44.3 Å². The van der Waals surface area contributed by atoms with Gasteiger partial charge >= 0.3 is 11.4 Å². The van der Waals surface area contributed by atoms with Crippen molar-refractivity contribution in [1.29, 1.82) is 0 Å². The molecule has 5 aliphatic carbocycles.